The first kappa shape index (κ1) is 10.9. The fourth-order valence-electron chi connectivity index (χ4n) is 2.65. The van der Waals surface area contributed by atoms with Crippen LogP contribution in [0.2, 0.25) is 0 Å². The first-order valence-corrected chi connectivity index (χ1v) is 5.73. The quantitative estimate of drug-likeness (QED) is 0.681. The summed E-state index contributed by atoms with van der Waals surface area (Å²) in [6.45, 7) is 5.55. The summed E-state index contributed by atoms with van der Waals surface area (Å²) in [7, 11) is 0. The van der Waals surface area contributed by atoms with Gasteiger partial charge in [-0.3, -0.25) is 4.79 Å². The number of hydrogen-bond acceptors (Lipinski definition) is 4. The molecule has 2 rings (SSSR count). The van der Waals surface area contributed by atoms with Gasteiger partial charge >= 0.3 is 5.97 Å². The van der Waals surface area contributed by atoms with Crippen molar-refractivity contribution in [3.05, 3.63) is 0 Å². The number of rotatable bonds is 2. The predicted molar refractivity (Wildman–Crippen MR) is 55.5 cm³/mol. The van der Waals surface area contributed by atoms with Gasteiger partial charge in [-0.15, -0.1) is 0 Å². The molecule has 0 aromatic rings. The molecule has 15 heavy (non-hydrogen) atoms. The molecular formula is C11H19NO3. The summed E-state index contributed by atoms with van der Waals surface area (Å²) in [6, 6.07) is 0. The molecule has 0 aliphatic carbocycles. The third-order valence-electron chi connectivity index (χ3n) is 3.59. The van der Waals surface area contributed by atoms with E-state index >= 15 is 0 Å². The Hall–Kier alpha value is -0.610. The first-order valence-electron chi connectivity index (χ1n) is 5.73. The molecule has 1 N–H and O–H groups in total. The Labute approximate surface area is 90.3 Å². The second kappa shape index (κ2) is 4.49. The van der Waals surface area contributed by atoms with Crippen LogP contribution in [0.15, 0.2) is 0 Å². The van der Waals surface area contributed by atoms with Crippen molar-refractivity contribution in [2.24, 2.45) is 11.3 Å². The molecule has 2 unspecified atom stereocenters. The van der Waals surface area contributed by atoms with Gasteiger partial charge in [0.15, 0.2) is 0 Å². The van der Waals surface area contributed by atoms with Crippen LogP contribution in [0.1, 0.15) is 19.8 Å². The summed E-state index contributed by atoms with van der Waals surface area (Å²) in [4.78, 5) is 11.8. The van der Waals surface area contributed by atoms with Crippen molar-refractivity contribution in [1.82, 2.24) is 5.32 Å². The Kier molecular flexibility index (Phi) is 3.26. The van der Waals surface area contributed by atoms with Crippen LogP contribution in [0.25, 0.3) is 0 Å². The van der Waals surface area contributed by atoms with Crippen molar-refractivity contribution in [3.8, 4) is 0 Å². The topological polar surface area (TPSA) is 47.6 Å². The minimum absolute atomic E-state index is 0.0197. The molecule has 2 aliphatic heterocycles. The molecule has 0 aromatic carbocycles. The zero-order chi connectivity index (χ0) is 10.7. The second-order valence-electron chi connectivity index (χ2n) is 4.42. The summed E-state index contributed by atoms with van der Waals surface area (Å²) in [5.41, 5.74) is 0.0531. The Balaban J connectivity index is 2.08. The van der Waals surface area contributed by atoms with E-state index in [-0.39, 0.29) is 17.3 Å². The maximum atomic E-state index is 11.8. The third kappa shape index (κ3) is 2.01. The van der Waals surface area contributed by atoms with Crippen molar-refractivity contribution in [2.45, 2.75) is 19.8 Å². The lowest BCUT2D eigenvalue weighted by atomic mass is 9.70. The van der Waals surface area contributed by atoms with Crippen LogP contribution in [0.4, 0.5) is 0 Å². The summed E-state index contributed by atoms with van der Waals surface area (Å²) < 4.78 is 10.6. The van der Waals surface area contributed by atoms with Crippen molar-refractivity contribution in [2.75, 3.05) is 32.9 Å². The van der Waals surface area contributed by atoms with Gasteiger partial charge in [0.1, 0.15) is 0 Å². The molecule has 0 radical (unpaired) electrons. The van der Waals surface area contributed by atoms with E-state index in [4.69, 9.17) is 9.47 Å². The van der Waals surface area contributed by atoms with Gasteiger partial charge in [-0.1, -0.05) is 0 Å². The van der Waals surface area contributed by atoms with E-state index < -0.39 is 0 Å². The van der Waals surface area contributed by atoms with Gasteiger partial charge in [0.2, 0.25) is 0 Å². The minimum atomic E-state index is -0.0600. The van der Waals surface area contributed by atoms with Crippen LogP contribution >= 0.6 is 0 Å². The lowest BCUT2D eigenvalue weighted by molar-refractivity contribution is -0.154. The van der Waals surface area contributed by atoms with Crippen molar-refractivity contribution >= 4 is 5.97 Å². The number of carbonyl (C=O) groups excluding carboxylic acids is 1. The first-order chi connectivity index (χ1) is 7.28. The lowest BCUT2D eigenvalue weighted by Gasteiger charge is -2.38. The van der Waals surface area contributed by atoms with Gasteiger partial charge in [-0.25, -0.2) is 0 Å². The van der Waals surface area contributed by atoms with Crippen LogP contribution in [-0.2, 0) is 14.3 Å². The van der Waals surface area contributed by atoms with E-state index in [1.165, 1.54) is 0 Å². The second-order valence-corrected chi connectivity index (χ2v) is 4.42. The monoisotopic (exact) mass is 213 g/mol. The number of nitrogens with one attached hydrogen (secondary N) is 1. The van der Waals surface area contributed by atoms with E-state index in [1.807, 2.05) is 6.92 Å². The molecule has 86 valence electrons. The molecule has 1 spiro atoms. The average Bonchev–Trinajstić information content (AvgIpc) is 2.68. The Morgan fingerprint density at radius 3 is 3.13 bits per heavy atom. The Morgan fingerprint density at radius 2 is 2.47 bits per heavy atom. The number of esters is 1. The van der Waals surface area contributed by atoms with Gasteiger partial charge in [-0.05, 0) is 26.3 Å². The minimum Gasteiger partial charge on any atom is -0.466 e. The largest absolute Gasteiger partial charge is 0.466 e. The number of ether oxygens (including phenoxy) is 2. The molecule has 2 aliphatic rings. The molecular weight excluding hydrogens is 194 g/mol. The lowest BCUT2D eigenvalue weighted by Crippen LogP contribution is -2.49. The highest BCUT2D eigenvalue weighted by Crippen LogP contribution is 2.42. The van der Waals surface area contributed by atoms with Gasteiger partial charge in [0, 0.05) is 18.6 Å². The highest BCUT2D eigenvalue weighted by atomic mass is 16.5. The van der Waals surface area contributed by atoms with Crippen LogP contribution < -0.4 is 5.32 Å². The van der Waals surface area contributed by atoms with E-state index in [0.717, 1.165) is 39.1 Å². The maximum Gasteiger partial charge on any atom is 0.310 e. The van der Waals surface area contributed by atoms with Crippen LogP contribution in [-0.4, -0.2) is 38.9 Å². The highest BCUT2D eigenvalue weighted by molar-refractivity contribution is 5.74. The Morgan fingerprint density at radius 1 is 1.60 bits per heavy atom. The summed E-state index contributed by atoms with van der Waals surface area (Å²) in [5, 5.41) is 3.27. The summed E-state index contributed by atoms with van der Waals surface area (Å²) in [6.07, 6.45) is 2.02. The third-order valence-corrected chi connectivity index (χ3v) is 3.59. The van der Waals surface area contributed by atoms with Crippen LogP contribution in [0, 0.1) is 11.3 Å². The number of carbonyl (C=O) groups is 1. The molecule has 2 atom stereocenters. The summed E-state index contributed by atoms with van der Waals surface area (Å²) in [5.74, 6) is -0.0797. The average molecular weight is 213 g/mol. The predicted octanol–water partition coefficient (Wildman–Crippen LogP) is 0.566. The fourth-order valence-corrected chi connectivity index (χ4v) is 2.65. The van der Waals surface area contributed by atoms with E-state index in [0.29, 0.717) is 6.61 Å². The zero-order valence-electron chi connectivity index (χ0n) is 9.25. The maximum absolute atomic E-state index is 11.8. The van der Waals surface area contributed by atoms with Crippen molar-refractivity contribution in [1.29, 1.82) is 0 Å². The van der Waals surface area contributed by atoms with Crippen molar-refractivity contribution in [3.63, 3.8) is 0 Å². The normalized spacial score (nSPS) is 35.7. The molecule has 2 heterocycles. The molecule has 2 fully saturated rings. The molecule has 2 saturated heterocycles. The number of piperidine rings is 1. The Bertz CT molecular complexity index is 236. The number of hydrogen-bond donors (Lipinski definition) is 1. The van der Waals surface area contributed by atoms with Crippen LogP contribution in [0.3, 0.4) is 0 Å². The SMILES string of the molecule is CCOC(=O)C1CNCCC12CCOC2. The van der Waals surface area contributed by atoms with Gasteiger partial charge < -0.3 is 14.8 Å². The molecule has 4 heteroatoms. The standard InChI is InChI=1S/C11H19NO3/c1-2-15-10(13)9-7-12-5-3-11(9)4-6-14-8-11/h9,12H,2-8H2,1H3. The van der Waals surface area contributed by atoms with E-state index in [9.17, 15) is 4.79 Å². The smallest absolute Gasteiger partial charge is 0.310 e. The zero-order valence-corrected chi connectivity index (χ0v) is 9.25. The molecule has 0 bridgehead atoms. The van der Waals surface area contributed by atoms with Crippen molar-refractivity contribution < 1.29 is 14.3 Å². The fraction of sp³-hybridized carbons (Fsp3) is 0.909. The van der Waals surface area contributed by atoms with E-state index in [2.05, 4.69) is 5.32 Å². The van der Waals surface area contributed by atoms with Crippen LogP contribution in [0.5, 0.6) is 0 Å². The summed E-state index contributed by atoms with van der Waals surface area (Å²) >= 11 is 0. The van der Waals surface area contributed by atoms with E-state index in [1.54, 1.807) is 0 Å². The van der Waals surface area contributed by atoms with Gasteiger partial charge in [-0.2, -0.15) is 0 Å². The molecule has 0 aromatic heterocycles. The van der Waals surface area contributed by atoms with Gasteiger partial charge in [0.05, 0.1) is 19.1 Å². The highest BCUT2D eigenvalue weighted by Gasteiger charge is 2.47. The molecule has 0 amide bonds. The van der Waals surface area contributed by atoms with Gasteiger partial charge in [0.25, 0.3) is 0 Å². The molecule has 0 saturated carbocycles. The molecule has 4 nitrogen and oxygen atoms in total.